The summed E-state index contributed by atoms with van der Waals surface area (Å²) >= 11 is 0. The lowest BCUT2D eigenvalue weighted by Crippen LogP contribution is -2.36. The Morgan fingerprint density at radius 2 is 2.00 bits per heavy atom. The first-order valence-corrected chi connectivity index (χ1v) is 5.43. The lowest BCUT2D eigenvalue weighted by molar-refractivity contribution is 0.122. The number of para-hydroxylation sites is 1. The number of anilines is 1. The number of hydrogen-bond donors (Lipinski definition) is 0. The molecule has 0 aliphatic carbocycles. The van der Waals surface area contributed by atoms with Gasteiger partial charge in [0.1, 0.15) is 0 Å². The summed E-state index contributed by atoms with van der Waals surface area (Å²) in [6.07, 6.45) is 2.90. The van der Waals surface area contributed by atoms with Gasteiger partial charge < -0.3 is 9.64 Å². The highest BCUT2D eigenvalue weighted by Gasteiger charge is 2.13. The van der Waals surface area contributed by atoms with E-state index >= 15 is 0 Å². The van der Waals surface area contributed by atoms with Gasteiger partial charge in [-0.2, -0.15) is 0 Å². The van der Waals surface area contributed by atoms with Crippen LogP contribution in [0.1, 0.15) is 5.56 Å². The maximum absolute atomic E-state index is 5.36. The van der Waals surface area contributed by atoms with Crippen molar-refractivity contribution in [1.82, 2.24) is 0 Å². The molecule has 0 aromatic heterocycles. The molecule has 2 rings (SSSR count). The SMILES string of the molecule is C=CCc1ccccc1N1CCOCC1. The first kappa shape index (κ1) is 10.2. The minimum Gasteiger partial charge on any atom is -0.378 e. The fraction of sp³-hybridized carbons (Fsp3) is 0.385. The highest BCUT2D eigenvalue weighted by Crippen LogP contribution is 2.21. The summed E-state index contributed by atoms with van der Waals surface area (Å²) in [5.74, 6) is 0. The molecule has 1 aromatic carbocycles. The summed E-state index contributed by atoms with van der Waals surface area (Å²) in [6, 6.07) is 8.54. The fourth-order valence-electron chi connectivity index (χ4n) is 1.95. The van der Waals surface area contributed by atoms with Crippen LogP contribution in [0.3, 0.4) is 0 Å². The second-order valence-electron chi connectivity index (χ2n) is 3.72. The molecule has 0 N–H and O–H groups in total. The molecule has 0 amide bonds. The van der Waals surface area contributed by atoms with E-state index in [1.807, 2.05) is 6.08 Å². The molecule has 0 radical (unpaired) electrons. The van der Waals surface area contributed by atoms with Gasteiger partial charge in [0.2, 0.25) is 0 Å². The van der Waals surface area contributed by atoms with E-state index in [-0.39, 0.29) is 0 Å². The lowest BCUT2D eigenvalue weighted by atomic mass is 10.1. The van der Waals surface area contributed by atoms with Gasteiger partial charge in [0.15, 0.2) is 0 Å². The lowest BCUT2D eigenvalue weighted by Gasteiger charge is -2.30. The molecule has 0 unspecified atom stereocenters. The van der Waals surface area contributed by atoms with Gasteiger partial charge in [-0.25, -0.2) is 0 Å². The van der Waals surface area contributed by atoms with Crippen LogP contribution in [-0.4, -0.2) is 26.3 Å². The van der Waals surface area contributed by atoms with Crippen LogP contribution in [0.4, 0.5) is 5.69 Å². The van der Waals surface area contributed by atoms with Crippen LogP contribution in [-0.2, 0) is 11.2 Å². The quantitative estimate of drug-likeness (QED) is 0.699. The van der Waals surface area contributed by atoms with Gasteiger partial charge in [0.05, 0.1) is 13.2 Å². The number of nitrogens with zero attached hydrogens (tertiary/aromatic N) is 1. The molecular weight excluding hydrogens is 186 g/mol. The van der Waals surface area contributed by atoms with Crippen molar-refractivity contribution in [2.75, 3.05) is 31.2 Å². The van der Waals surface area contributed by atoms with Crippen molar-refractivity contribution < 1.29 is 4.74 Å². The van der Waals surface area contributed by atoms with Gasteiger partial charge in [-0.15, -0.1) is 6.58 Å². The maximum atomic E-state index is 5.36. The highest BCUT2D eigenvalue weighted by molar-refractivity contribution is 5.54. The van der Waals surface area contributed by atoms with Crippen molar-refractivity contribution in [3.8, 4) is 0 Å². The Bertz CT molecular complexity index is 329. The van der Waals surface area contributed by atoms with E-state index in [1.54, 1.807) is 0 Å². The molecule has 15 heavy (non-hydrogen) atoms. The molecule has 1 heterocycles. The van der Waals surface area contributed by atoms with Crippen LogP contribution in [0.15, 0.2) is 36.9 Å². The molecule has 1 aromatic rings. The summed E-state index contributed by atoms with van der Waals surface area (Å²) in [6.45, 7) is 7.46. The molecule has 1 aliphatic rings. The summed E-state index contributed by atoms with van der Waals surface area (Å²) < 4.78 is 5.36. The summed E-state index contributed by atoms with van der Waals surface area (Å²) in [5, 5.41) is 0. The molecule has 0 bridgehead atoms. The maximum Gasteiger partial charge on any atom is 0.0642 e. The monoisotopic (exact) mass is 203 g/mol. The smallest absolute Gasteiger partial charge is 0.0642 e. The Hall–Kier alpha value is -1.28. The fourth-order valence-corrected chi connectivity index (χ4v) is 1.95. The summed E-state index contributed by atoms with van der Waals surface area (Å²) in [4.78, 5) is 2.39. The van der Waals surface area contributed by atoms with Gasteiger partial charge in [-0.1, -0.05) is 24.3 Å². The molecule has 2 heteroatoms. The largest absolute Gasteiger partial charge is 0.378 e. The minimum atomic E-state index is 0.836. The first-order valence-electron chi connectivity index (χ1n) is 5.43. The highest BCUT2D eigenvalue weighted by atomic mass is 16.5. The third kappa shape index (κ3) is 2.39. The third-order valence-electron chi connectivity index (χ3n) is 2.71. The number of rotatable bonds is 3. The average molecular weight is 203 g/mol. The molecule has 1 fully saturated rings. The Kier molecular flexibility index (Phi) is 3.41. The number of ether oxygens (including phenoxy) is 1. The van der Waals surface area contributed by atoms with Crippen LogP contribution >= 0.6 is 0 Å². The van der Waals surface area contributed by atoms with Crippen LogP contribution in [0.25, 0.3) is 0 Å². The van der Waals surface area contributed by atoms with Gasteiger partial charge >= 0.3 is 0 Å². The number of hydrogen-bond acceptors (Lipinski definition) is 2. The van der Waals surface area contributed by atoms with Crippen molar-refractivity contribution in [3.05, 3.63) is 42.5 Å². The molecule has 0 saturated carbocycles. The second kappa shape index (κ2) is 4.99. The number of morpholine rings is 1. The van der Waals surface area contributed by atoms with Crippen LogP contribution in [0, 0.1) is 0 Å². The number of allylic oxidation sites excluding steroid dienone is 1. The zero-order valence-electron chi connectivity index (χ0n) is 8.98. The predicted molar refractivity (Wildman–Crippen MR) is 63.4 cm³/mol. The Morgan fingerprint density at radius 1 is 1.27 bits per heavy atom. The van der Waals surface area contributed by atoms with E-state index in [1.165, 1.54) is 11.3 Å². The zero-order chi connectivity index (χ0) is 10.5. The second-order valence-corrected chi connectivity index (χ2v) is 3.72. The van der Waals surface area contributed by atoms with E-state index in [9.17, 15) is 0 Å². The van der Waals surface area contributed by atoms with Gasteiger partial charge in [0.25, 0.3) is 0 Å². The van der Waals surface area contributed by atoms with Crippen molar-refractivity contribution in [2.45, 2.75) is 6.42 Å². The summed E-state index contributed by atoms with van der Waals surface area (Å²) in [7, 11) is 0. The third-order valence-corrected chi connectivity index (χ3v) is 2.71. The first-order chi connectivity index (χ1) is 7.42. The van der Waals surface area contributed by atoms with Crippen LogP contribution in [0.5, 0.6) is 0 Å². The van der Waals surface area contributed by atoms with E-state index < -0.39 is 0 Å². The van der Waals surface area contributed by atoms with Gasteiger partial charge in [-0.3, -0.25) is 0 Å². The van der Waals surface area contributed by atoms with E-state index in [0.717, 1.165) is 32.7 Å². The van der Waals surface area contributed by atoms with Crippen LogP contribution < -0.4 is 4.90 Å². The van der Waals surface area contributed by atoms with Crippen LogP contribution in [0.2, 0.25) is 0 Å². The predicted octanol–water partition coefficient (Wildman–Crippen LogP) is 2.25. The van der Waals surface area contributed by atoms with Crippen molar-refractivity contribution in [3.63, 3.8) is 0 Å². The Labute approximate surface area is 91.2 Å². The zero-order valence-corrected chi connectivity index (χ0v) is 8.98. The van der Waals surface area contributed by atoms with E-state index in [0.29, 0.717) is 0 Å². The molecule has 1 saturated heterocycles. The van der Waals surface area contributed by atoms with Crippen molar-refractivity contribution in [2.24, 2.45) is 0 Å². The Morgan fingerprint density at radius 3 is 2.73 bits per heavy atom. The molecule has 1 aliphatic heterocycles. The molecular formula is C13H17NO. The molecule has 0 atom stereocenters. The molecule has 80 valence electrons. The van der Waals surface area contributed by atoms with E-state index in [2.05, 4.69) is 35.7 Å². The summed E-state index contributed by atoms with van der Waals surface area (Å²) in [5.41, 5.74) is 2.69. The molecule has 2 nitrogen and oxygen atoms in total. The normalized spacial score (nSPS) is 16.4. The average Bonchev–Trinajstić information content (AvgIpc) is 2.31. The topological polar surface area (TPSA) is 12.5 Å². The number of benzene rings is 1. The van der Waals surface area contributed by atoms with Gasteiger partial charge in [0, 0.05) is 18.8 Å². The van der Waals surface area contributed by atoms with E-state index in [4.69, 9.17) is 4.74 Å². The van der Waals surface area contributed by atoms with Crippen molar-refractivity contribution in [1.29, 1.82) is 0 Å². The molecule has 0 spiro atoms. The minimum absolute atomic E-state index is 0.836. The standard InChI is InChI=1S/C13H17NO/c1-2-5-12-6-3-4-7-13(12)14-8-10-15-11-9-14/h2-4,6-7H,1,5,8-11H2. The Balaban J connectivity index is 2.20. The van der Waals surface area contributed by atoms with Gasteiger partial charge in [-0.05, 0) is 18.1 Å². The van der Waals surface area contributed by atoms with Crippen molar-refractivity contribution >= 4 is 5.69 Å².